The molecule has 1 aliphatic rings. The minimum absolute atomic E-state index is 0.295. The third-order valence-corrected chi connectivity index (χ3v) is 3.20. The van der Waals surface area contributed by atoms with Crippen LogP contribution in [0.4, 0.5) is 11.8 Å². The summed E-state index contributed by atoms with van der Waals surface area (Å²) in [6.45, 7) is 5.76. The van der Waals surface area contributed by atoms with Crippen LogP contribution in [0.5, 0.6) is 11.5 Å². The third kappa shape index (κ3) is 2.99. The normalized spacial score (nSPS) is 12.3. The van der Waals surface area contributed by atoms with Crippen LogP contribution in [0.1, 0.15) is 18.1 Å². The molecular formula is C15H18N4O2. The summed E-state index contributed by atoms with van der Waals surface area (Å²) in [5.41, 5.74) is 2.12. The topological polar surface area (TPSA) is 68.3 Å². The lowest BCUT2D eigenvalue weighted by atomic mass is 10.2. The molecule has 0 saturated carbocycles. The van der Waals surface area contributed by atoms with Crippen LogP contribution in [0, 0.1) is 6.92 Å². The van der Waals surface area contributed by atoms with Gasteiger partial charge in [-0.05, 0) is 31.5 Å². The van der Waals surface area contributed by atoms with Crippen molar-refractivity contribution < 1.29 is 9.47 Å². The summed E-state index contributed by atoms with van der Waals surface area (Å²) in [6, 6.07) is 5.93. The molecule has 6 heteroatoms. The lowest BCUT2D eigenvalue weighted by molar-refractivity contribution is 0.174. The minimum Gasteiger partial charge on any atom is -0.454 e. The Balaban J connectivity index is 1.71. The summed E-state index contributed by atoms with van der Waals surface area (Å²) in [7, 11) is 0. The molecule has 0 aliphatic carbocycles. The Morgan fingerprint density at radius 3 is 2.90 bits per heavy atom. The number of anilines is 2. The zero-order valence-corrected chi connectivity index (χ0v) is 12.1. The number of ether oxygens (including phenoxy) is 2. The second-order valence-corrected chi connectivity index (χ2v) is 4.80. The van der Waals surface area contributed by atoms with Gasteiger partial charge in [-0.15, -0.1) is 0 Å². The molecule has 3 rings (SSSR count). The number of hydrogen-bond acceptors (Lipinski definition) is 6. The highest BCUT2D eigenvalue weighted by Crippen LogP contribution is 2.32. The molecule has 0 amide bonds. The number of hydrogen-bond donors (Lipinski definition) is 2. The standard InChI is InChI=1S/C15H18N4O2/c1-3-16-15-18-7-10(2)14(19-15)17-8-11-4-5-12-13(6-11)21-9-20-12/h4-7H,3,8-9H2,1-2H3,(H2,16,17,18,19). The Kier molecular flexibility index (Phi) is 3.77. The summed E-state index contributed by atoms with van der Waals surface area (Å²) >= 11 is 0. The summed E-state index contributed by atoms with van der Waals surface area (Å²) in [5, 5.41) is 6.44. The van der Waals surface area contributed by atoms with Crippen LogP contribution in [0.25, 0.3) is 0 Å². The zero-order valence-electron chi connectivity index (χ0n) is 12.1. The fourth-order valence-corrected chi connectivity index (χ4v) is 2.10. The van der Waals surface area contributed by atoms with Crippen LogP contribution >= 0.6 is 0 Å². The van der Waals surface area contributed by atoms with Crippen molar-refractivity contribution in [3.8, 4) is 11.5 Å². The van der Waals surface area contributed by atoms with Gasteiger partial charge in [-0.3, -0.25) is 0 Å². The molecular weight excluding hydrogens is 268 g/mol. The fraction of sp³-hybridized carbons (Fsp3) is 0.333. The Morgan fingerprint density at radius 1 is 1.19 bits per heavy atom. The molecule has 21 heavy (non-hydrogen) atoms. The van der Waals surface area contributed by atoms with Crippen molar-refractivity contribution in [3.63, 3.8) is 0 Å². The highest BCUT2D eigenvalue weighted by atomic mass is 16.7. The lowest BCUT2D eigenvalue weighted by Gasteiger charge is -2.10. The zero-order chi connectivity index (χ0) is 14.7. The summed E-state index contributed by atoms with van der Waals surface area (Å²) in [5.74, 6) is 3.06. The first-order valence-electron chi connectivity index (χ1n) is 6.96. The van der Waals surface area contributed by atoms with E-state index in [-0.39, 0.29) is 0 Å². The second-order valence-electron chi connectivity index (χ2n) is 4.80. The number of aryl methyl sites for hydroxylation is 1. The van der Waals surface area contributed by atoms with Crippen molar-refractivity contribution in [2.75, 3.05) is 24.0 Å². The predicted molar refractivity (Wildman–Crippen MR) is 80.8 cm³/mol. The van der Waals surface area contributed by atoms with Gasteiger partial charge in [0.15, 0.2) is 11.5 Å². The number of nitrogens with one attached hydrogen (secondary N) is 2. The second kappa shape index (κ2) is 5.87. The van der Waals surface area contributed by atoms with Gasteiger partial charge >= 0.3 is 0 Å². The molecule has 1 aromatic carbocycles. The summed E-state index contributed by atoms with van der Waals surface area (Å²) in [4.78, 5) is 8.69. The van der Waals surface area contributed by atoms with E-state index >= 15 is 0 Å². The first-order valence-corrected chi connectivity index (χ1v) is 6.96. The Hall–Kier alpha value is -2.50. The van der Waals surface area contributed by atoms with Crippen molar-refractivity contribution in [2.45, 2.75) is 20.4 Å². The predicted octanol–water partition coefficient (Wildman–Crippen LogP) is 2.56. The first kappa shape index (κ1) is 13.5. The van der Waals surface area contributed by atoms with Gasteiger partial charge in [-0.2, -0.15) is 4.98 Å². The van der Waals surface area contributed by atoms with Gasteiger partial charge in [0.25, 0.3) is 0 Å². The fourth-order valence-electron chi connectivity index (χ4n) is 2.10. The van der Waals surface area contributed by atoms with Crippen molar-refractivity contribution in [3.05, 3.63) is 35.5 Å². The average molecular weight is 286 g/mol. The number of fused-ring (bicyclic) bond motifs is 1. The first-order chi connectivity index (χ1) is 10.3. The minimum atomic E-state index is 0.295. The van der Waals surface area contributed by atoms with Crippen molar-refractivity contribution in [1.82, 2.24) is 9.97 Å². The average Bonchev–Trinajstić information content (AvgIpc) is 2.95. The van der Waals surface area contributed by atoms with E-state index in [1.165, 1.54) is 0 Å². The van der Waals surface area contributed by atoms with Gasteiger partial charge in [-0.1, -0.05) is 6.07 Å². The van der Waals surface area contributed by atoms with Gasteiger partial charge in [0.05, 0.1) is 0 Å². The van der Waals surface area contributed by atoms with Crippen LogP contribution in [0.2, 0.25) is 0 Å². The molecule has 2 heterocycles. The lowest BCUT2D eigenvalue weighted by Crippen LogP contribution is -2.08. The maximum absolute atomic E-state index is 5.38. The molecule has 2 N–H and O–H groups in total. The molecule has 6 nitrogen and oxygen atoms in total. The highest BCUT2D eigenvalue weighted by Gasteiger charge is 2.13. The SMILES string of the molecule is CCNc1ncc(C)c(NCc2ccc3c(c2)OCO3)n1. The molecule has 1 aromatic heterocycles. The number of rotatable bonds is 5. The molecule has 0 unspecified atom stereocenters. The largest absolute Gasteiger partial charge is 0.454 e. The molecule has 0 spiro atoms. The van der Waals surface area contributed by atoms with E-state index in [0.29, 0.717) is 19.3 Å². The van der Waals surface area contributed by atoms with Crippen molar-refractivity contribution in [2.24, 2.45) is 0 Å². The van der Waals surface area contributed by atoms with E-state index in [1.807, 2.05) is 38.2 Å². The molecule has 2 aromatic rings. The van der Waals surface area contributed by atoms with Gasteiger partial charge < -0.3 is 20.1 Å². The van der Waals surface area contributed by atoms with Crippen LogP contribution in [-0.4, -0.2) is 23.3 Å². The maximum Gasteiger partial charge on any atom is 0.231 e. The van der Waals surface area contributed by atoms with Gasteiger partial charge in [0.2, 0.25) is 12.7 Å². The molecule has 110 valence electrons. The molecule has 0 atom stereocenters. The van der Waals surface area contributed by atoms with E-state index < -0.39 is 0 Å². The van der Waals surface area contributed by atoms with E-state index in [1.54, 1.807) is 0 Å². The van der Waals surface area contributed by atoms with E-state index in [2.05, 4.69) is 20.6 Å². The van der Waals surface area contributed by atoms with Crippen LogP contribution < -0.4 is 20.1 Å². The van der Waals surface area contributed by atoms with Crippen LogP contribution in [0.15, 0.2) is 24.4 Å². The smallest absolute Gasteiger partial charge is 0.231 e. The molecule has 0 fully saturated rings. The Labute approximate surface area is 123 Å². The number of nitrogens with zero attached hydrogens (tertiary/aromatic N) is 2. The van der Waals surface area contributed by atoms with E-state index in [4.69, 9.17) is 9.47 Å². The van der Waals surface area contributed by atoms with Gasteiger partial charge in [-0.25, -0.2) is 4.98 Å². The van der Waals surface area contributed by atoms with Gasteiger partial charge in [0.1, 0.15) is 5.82 Å². The van der Waals surface area contributed by atoms with Gasteiger partial charge in [0, 0.05) is 24.8 Å². The van der Waals surface area contributed by atoms with Crippen LogP contribution in [-0.2, 0) is 6.54 Å². The molecule has 0 radical (unpaired) electrons. The maximum atomic E-state index is 5.38. The molecule has 0 saturated heterocycles. The summed E-state index contributed by atoms with van der Waals surface area (Å²) < 4.78 is 10.7. The quantitative estimate of drug-likeness (QED) is 0.880. The van der Waals surface area contributed by atoms with Crippen molar-refractivity contribution in [1.29, 1.82) is 0 Å². The third-order valence-electron chi connectivity index (χ3n) is 3.20. The number of aromatic nitrogens is 2. The molecule has 1 aliphatic heterocycles. The highest BCUT2D eigenvalue weighted by molar-refractivity contribution is 5.49. The number of benzene rings is 1. The molecule has 0 bridgehead atoms. The monoisotopic (exact) mass is 286 g/mol. The summed E-state index contributed by atoms with van der Waals surface area (Å²) in [6.07, 6.45) is 1.81. The van der Waals surface area contributed by atoms with Crippen molar-refractivity contribution >= 4 is 11.8 Å². The Bertz CT molecular complexity index is 646. The van der Waals surface area contributed by atoms with E-state index in [9.17, 15) is 0 Å². The Morgan fingerprint density at radius 2 is 2.05 bits per heavy atom. The van der Waals surface area contributed by atoms with E-state index in [0.717, 1.165) is 35.0 Å². The van der Waals surface area contributed by atoms with Crippen LogP contribution in [0.3, 0.4) is 0 Å².